The van der Waals surface area contributed by atoms with Crippen LogP contribution in [0.1, 0.15) is 29.6 Å². The topological polar surface area (TPSA) is 118 Å². The van der Waals surface area contributed by atoms with Gasteiger partial charge in [-0.15, -0.1) is 0 Å². The number of rotatable bonds is 6. The Hall–Kier alpha value is -3.05. The average Bonchev–Trinajstić information content (AvgIpc) is 3.24. The minimum atomic E-state index is -3.89. The minimum Gasteiger partial charge on any atom is -0.490 e. The van der Waals surface area contributed by atoms with E-state index < -0.39 is 15.9 Å². The van der Waals surface area contributed by atoms with Gasteiger partial charge in [0.1, 0.15) is 6.26 Å². The molecular weight excluding hydrogens is 450 g/mol. The lowest BCUT2D eigenvalue weighted by atomic mass is 10.0. The van der Waals surface area contributed by atoms with Crippen LogP contribution in [0.3, 0.4) is 0 Å². The fourth-order valence-corrected chi connectivity index (χ4v) is 4.98. The third-order valence-corrected chi connectivity index (χ3v) is 7.51. The van der Waals surface area contributed by atoms with Crippen molar-refractivity contribution in [3.8, 4) is 11.5 Å². The molecule has 33 heavy (non-hydrogen) atoms. The van der Waals surface area contributed by atoms with Gasteiger partial charge in [0, 0.05) is 38.7 Å². The van der Waals surface area contributed by atoms with Crippen LogP contribution in [0, 0.1) is 0 Å². The number of benzene rings is 1. The van der Waals surface area contributed by atoms with Gasteiger partial charge < -0.3 is 24.1 Å². The van der Waals surface area contributed by atoms with E-state index in [1.165, 1.54) is 31.7 Å². The van der Waals surface area contributed by atoms with E-state index in [2.05, 4.69) is 5.32 Å². The van der Waals surface area contributed by atoms with Crippen LogP contribution in [0.5, 0.6) is 11.5 Å². The lowest BCUT2D eigenvalue weighted by Crippen LogP contribution is -2.48. The number of amides is 2. The monoisotopic (exact) mass is 477 g/mol. The molecule has 0 bridgehead atoms. The van der Waals surface area contributed by atoms with E-state index in [0.717, 1.165) is 4.31 Å². The molecule has 3 heterocycles. The van der Waals surface area contributed by atoms with E-state index in [0.29, 0.717) is 62.6 Å². The van der Waals surface area contributed by atoms with Crippen LogP contribution in [0.25, 0.3) is 0 Å². The lowest BCUT2D eigenvalue weighted by Gasteiger charge is -2.32. The van der Waals surface area contributed by atoms with Crippen LogP contribution < -0.4 is 14.8 Å². The highest BCUT2D eigenvalue weighted by Gasteiger charge is 2.28. The summed E-state index contributed by atoms with van der Waals surface area (Å²) in [7, 11) is -2.52. The molecule has 0 radical (unpaired) electrons. The smallest absolute Gasteiger partial charge is 0.257 e. The molecule has 10 nitrogen and oxygen atoms in total. The third kappa shape index (κ3) is 5.31. The molecule has 2 aromatic rings. The second-order valence-corrected chi connectivity index (χ2v) is 10.1. The van der Waals surface area contributed by atoms with Crippen LogP contribution in [0.4, 0.5) is 0 Å². The van der Waals surface area contributed by atoms with E-state index in [-0.39, 0.29) is 23.4 Å². The predicted octanol–water partition coefficient (Wildman–Crippen LogP) is 1.48. The van der Waals surface area contributed by atoms with Crippen LogP contribution in [-0.4, -0.2) is 75.4 Å². The number of carbonyl (C=O) groups excluding carboxylic acids is 2. The molecule has 0 unspecified atom stereocenters. The highest BCUT2D eigenvalue weighted by molar-refractivity contribution is 7.89. The summed E-state index contributed by atoms with van der Waals surface area (Å²) in [6, 6.07) is 5.94. The van der Waals surface area contributed by atoms with Gasteiger partial charge in [0.15, 0.2) is 11.5 Å². The van der Waals surface area contributed by atoms with Gasteiger partial charge >= 0.3 is 0 Å². The number of fused-ring (bicyclic) bond motifs is 1. The van der Waals surface area contributed by atoms with E-state index in [9.17, 15) is 18.0 Å². The van der Waals surface area contributed by atoms with Gasteiger partial charge in [-0.25, -0.2) is 8.42 Å². The molecule has 1 aromatic heterocycles. The molecule has 178 valence electrons. The van der Waals surface area contributed by atoms with Crippen LogP contribution in [-0.2, 0) is 14.8 Å². The van der Waals surface area contributed by atoms with Crippen molar-refractivity contribution < 1.29 is 31.9 Å². The first-order valence-corrected chi connectivity index (χ1v) is 12.3. The first-order valence-electron chi connectivity index (χ1n) is 10.8. The second kappa shape index (κ2) is 9.84. The zero-order valence-corrected chi connectivity index (χ0v) is 19.2. The fraction of sp³-hybridized carbons (Fsp3) is 0.455. The molecular formula is C22H27N3O7S. The normalized spacial score (nSPS) is 17.0. The maximum atomic E-state index is 13.0. The number of piperidine rings is 1. The first-order chi connectivity index (χ1) is 15.8. The molecule has 1 fully saturated rings. The highest BCUT2D eigenvalue weighted by Crippen LogP contribution is 2.32. The minimum absolute atomic E-state index is 0.0353. The number of furan rings is 1. The van der Waals surface area contributed by atoms with Gasteiger partial charge in [0.25, 0.3) is 5.91 Å². The number of hydrogen-bond acceptors (Lipinski definition) is 7. The first kappa shape index (κ1) is 23.1. The summed E-state index contributed by atoms with van der Waals surface area (Å²) in [5.74, 6) is 0.386. The number of nitrogens with one attached hydrogen (secondary N) is 1. The number of likely N-dealkylation sites (N-methyl/N-ethyl adjacent to an activating group) is 1. The van der Waals surface area contributed by atoms with Crippen molar-refractivity contribution in [1.29, 1.82) is 0 Å². The average molecular weight is 478 g/mol. The van der Waals surface area contributed by atoms with Crippen LogP contribution >= 0.6 is 0 Å². The van der Waals surface area contributed by atoms with Gasteiger partial charge in [-0.3, -0.25) is 9.59 Å². The molecule has 1 N–H and O–H groups in total. The molecule has 0 saturated carbocycles. The molecule has 2 amide bonds. The van der Waals surface area contributed by atoms with Gasteiger partial charge in [-0.1, -0.05) is 0 Å². The van der Waals surface area contributed by atoms with Crippen molar-refractivity contribution in [3.05, 3.63) is 42.4 Å². The Morgan fingerprint density at radius 2 is 1.85 bits per heavy atom. The molecule has 0 aliphatic carbocycles. The number of hydrogen-bond donors (Lipinski definition) is 1. The van der Waals surface area contributed by atoms with Crippen molar-refractivity contribution in [2.45, 2.75) is 30.2 Å². The summed E-state index contributed by atoms with van der Waals surface area (Å²) in [6.07, 6.45) is 4.77. The number of sulfonamides is 1. The molecule has 0 spiro atoms. The van der Waals surface area contributed by atoms with Crippen molar-refractivity contribution in [2.75, 3.05) is 39.9 Å². The quantitative estimate of drug-likeness (QED) is 0.669. The Kier molecular flexibility index (Phi) is 6.89. The number of carbonyl (C=O) groups is 2. The zero-order chi connectivity index (χ0) is 23.4. The molecule has 1 aromatic carbocycles. The maximum absolute atomic E-state index is 13.0. The predicted molar refractivity (Wildman–Crippen MR) is 118 cm³/mol. The largest absolute Gasteiger partial charge is 0.490 e. The molecule has 2 aliphatic heterocycles. The van der Waals surface area contributed by atoms with Crippen molar-refractivity contribution >= 4 is 21.8 Å². The zero-order valence-electron chi connectivity index (χ0n) is 18.4. The standard InChI is InChI=1S/C22H27N3O7S/c1-24(33(28,29)18-3-4-19-20(13-18)32-11-2-10-31-19)14-21(26)23-17-5-8-25(9-6-17)22(27)16-7-12-30-15-16/h3-4,7,12-13,15,17H,2,5-6,8-11,14H2,1H3,(H,23,26). The number of likely N-dealkylation sites (tertiary alicyclic amines) is 1. The van der Waals surface area contributed by atoms with Crippen molar-refractivity contribution in [3.63, 3.8) is 0 Å². The molecule has 2 aliphatic rings. The SMILES string of the molecule is CN(CC(=O)NC1CCN(C(=O)c2ccoc2)CC1)S(=O)(=O)c1ccc2c(c1)OCCCO2. The van der Waals surface area contributed by atoms with Crippen LogP contribution in [0.15, 0.2) is 46.1 Å². The van der Waals surface area contributed by atoms with Gasteiger partial charge in [-0.2, -0.15) is 4.31 Å². The summed E-state index contributed by atoms with van der Waals surface area (Å²) in [5, 5.41) is 2.88. The number of ether oxygens (including phenoxy) is 2. The van der Waals surface area contributed by atoms with Crippen molar-refractivity contribution in [1.82, 2.24) is 14.5 Å². The Balaban J connectivity index is 1.30. The molecule has 1 saturated heterocycles. The van der Waals surface area contributed by atoms with E-state index in [1.807, 2.05) is 0 Å². The summed E-state index contributed by atoms with van der Waals surface area (Å²) >= 11 is 0. The maximum Gasteiger partial charge on any atom is 0.257 e. The molecule has 4 rings (SSSR count). The van der Waals surface area contributed by atoms with Crippen molar-refractivity contribution in [2.24, 2.45) is 0 Å². The lowest BCUT2D eigenvalue weighted by molar-refractivity contribution is -0.122. The number of nitrogens with zero attached hydrogens (tertiary/aromatic N) is 2. The Morgan fingerprint density at radius 1 is 1.12 bits per heavy atom. The molecule has 11 heteroatoms. The van der Waals surface area contributed by atoms with Crippen LogP contribution in [0.2, 0.25) is 0 Å². The Morgan fingerprint density at radius 3 is 2.55 bits per heavy atom. The van der Waals surface area contributed by atoms with Gasteiger partial charge in [0.05, 0.1) is 36.5 Å². The Bertz CT molecular complexity index is 1090. The molecule has 0 atom stereocenters. The summed E-state index contributed by atoms with van der Waals surface area (Å²) in [4.78, 5) is 26.7. The second-order valence-electron chi connectivity index (χ2n) is 8.07. The Labute approximate surface area is 192 Å². The van der Waals surface area contributed by atoms with E-state index in [4.69, 9.17) is 13.9 Å². The fourth-order valence-electron chi connectivity index (χ4n) is 3.84. The summed E-state index contributed by atoms with van der Waals surface area (Å²) in [6.45, 7) is 1.64. The summed E-state index contributed by atoms with van der Waals surface area (Å²) < 4.78 is 43.0. The van der Waals surface area contributed by atoms with E-state index in [1.54, 1.807) is 17.0 Å². The van der Waals surface area contributed by atoms with E-state index >= 15 is 0 Å². The van der Waals surface area contributed by atoms with Gasteiger partial charge in [-0.05, 0) is 31.0 Å². The van der Waals surface area contributed by atoms with Gasteiger partial charge in [0.2, 0.25) is 15.9 Å². The highest BCUT2D eigenvalue weighted by atomic mass is 32.2. The third-order valence-electron chi connectivity index (χ3n) is 5.71. The summed E-state index contributed by atoms with van der Waals surface area (Å²) in [5.41, 5.74) is 0.499.